The average molecular weight is 540 g/mol. The molecule has 0 bridgehead atoms. The van der Waals surface area contributed by atoms with Crippen LogP contribution in [-0.4, -0.2) is 54.3 Å². The van der Waals surface area contributed by atoms with Gasteiger partial charge in [-0.15, -0.1) is 0 Å². The van der Waals surface area contributed by atoms with E-state index >= 15 is 0 Å². The summed E-state index contributed by atoms with van der Waals surface area (Å²) in [5.41, 5.74) is 3.84. The first-order valence-corrected chi connectivity index (χ1v) is 13.9. The van der Waals surface area contributed by atoms with Gasteiger partial charge in [-0.05, 0) is 53.8 Å². The van der Waals surface area contributed by atoms with Gasteiger partial charge < -0.3 is 20.0 Å². The number of carbonyl (C=O) groups is 2. The lowest BCUT2D eigenvalue weighted by Crippen LogP contribution is -2.52. The van der Waals surface area contributed by atoms with E-state index < -0.39 is 6.04 Å². The molecule has 1 saturated heterocycles. The zero-order valence-corrected chi connectivity index (χ0v) is 22.9. The third kappa shape index (κ3) is 5.06. The second kappa shape index (κ2) is 10.4. The molecule has 6 rings (SSSR count). The number of aromatic nitrogens is 1. The van der Waals surface area contributed by atoms with Crippen molar-refractivity contribution in [2.24, 2.45) is 5.41 Å². The van der Waals surface area contributed by atoms with E-state index in [2.05, 4.69) is 29.0 Å². The number of pyridine rings is 1. The standard InChI is InChI=1S/C32H34FN5O2/c1-32(2)19-25-30(27(39)20-32)31(22-10-12-23(33)13-11-22)38(26-8-4-3-7-24(26)35-25)21-29(40)37-17-15-36(16-18-37)28-9-5-6-14-34-28/h3-14,31,35H,15-21H2,1-2H3. The van der Waals surface area contributed by atoms with Crippen molar-refractivity contribution >= 4 is 28.9 Å². The molecule has 3 heterocycles. The van der Waals surface area contributed by atoms with Crippen molar-refractivity contribution in [2.45, 2.75) is 32.7 Å². The number of fused-ring (bicyclic) bond motifs is 1. The monoisotopic (exact) mass is 539 g/mol. The van der Waals surface area contributed by atoms with E-state index in [0.29, 0.717) is 44.6 Å². The van der Waals surface area contributed by atoms with Crippen LogP contribution in [0.4, 0.5) is 21.6 Å². The molecule has 0 saturated carbocycles. The van der Waals surface area contributed by atoms with E-state index in [0.717, 1.165) is 28.5 Å². The summed E-state index contributed by atoms with van der Waals surface area (Å²) in [6.07, 6.45) is 2.90. The zero-order chi connectivity index (χ0) is 27.9. The first-order valence-electron chi connectivity index (χ1n) is 13.9. The number of amides is 1. The maximum Gasteiger partial charge on any atom is 0.242 e. The minimum atomic E-state index is -0.519. The molecule has 1 atom stereocenters. The summed E-state index contributed by atoms with van der Waals surface area (Å²) in [6.45, 7) is 6.88. The van der Waals surface area contributed by atoms with Crippen LogP contribution in [0.25, 0.3) is 0 Å². The van der Waals surface area contributed by atoms with E-state index in [1.54, 1.807) is 18.3 Å². The highest BCUT2D eigenvalue weighted by Crippen LogP contribution is 2.48. The molecule has 2 aromatic carbocycles. The van der Waals surface area contributed by atoms with Gasteiger partial charge in [-0.3, -0.25) is 9.59 Å². The number of allylic oxidation sites excluding steroid dienone is 1. The Hall–Kier alpha value is -4.20. The number of nitrogens with one attached hydrogen (secondary N) is 1. The number of anilines is 3. The Morgan fingerprint density at radius 2 is 1.70 bits per heavy atom. The summed E-state index contributed by atoms with van der Waals surface area (Å²) in [6, 6.07) is 19.5. The summed E-state index contributed by atoms with van der Waals surface area (Å²) in [4.78, 5) is 38.2. The number of Topliss-reactive ketones (excluding diaryl/α,β-unsaturated/α-hetero) is 1. The molecule has 7 nitrogen and oxygen atoms in total. The summed E-state index contributed by atoms with van der Waals surface area (Å²) in [5.74, 6) is 0.629. The third-order valence-corrected chi connectivity index (χ3v) is 8.10. The van der Waals surface area contributed by atoms with E-state index in [9.17, 15) is 14.0 Å². The number of benzene rings is 2. The van der Waals surface area contributed by atoms with Crippen LogP contribution in [0.15, 0.2) is 84.2 Å². The number of rotatable bonds is 4. The molecule has 0 radical (unpaired) electrons. The summed E-state index contributed by atoms with van der Waals surface area (Å²) in [5, 5.41) is 3.57. The summed E-state index contributed by atoms with van der Waals surface area (Å²) >= 11 is 0. The van der Waals surface area contributed by atoms with Crippen LogP contribution in [-0.2, 0) is 9.59 Å². The van der Waals surface area contributed by atoms with Crippen LogP contribution in [0.3, 0.4) is 0 Å². The van der Waals surface area contributed by atoms with Crippen LogP contribution < -0.4 is 15.1 Å². The summed E-state index contributed by atoms with van der Waals surface area (Å²) in [7, 11) is 0. The number of ketones is 1. The van der Waals surface area contributed by atoms with Gasteiger partial charge in [0.25, 0.3) is 0 Å². The van der Waals surface area contributed by atoms with Gasteiger partial charge in [0.05, 0.1) is 24.0 Å². The first kappa shape index (κ1) is 26.0. The molecule has 1 fully saturated rings. The number of piperazine rings is 1. The second-order valence-electron chi connectivity index (χ2n) is 11.6. The highest BCUT2D eigenvalue weighted by Gasteiger charge is 2.42. The minimum absolute atomic E-state index is 0.00442. The van der Waals surface area contributed by atoms with E-state index in [4.69, 9.17) is 0 Å². The highest BCUT2D eigenvalue weighted by atomic mass is 19.1. The lowest BCUT2D eigenvalue weighted by Gasteiger charge is -2.40. The molecule has 3 aliphatic rings. The number of hydrogen-bond donors (Lipinski definition) is 1. The van der Waals surface area contributed by atoms with Gasteiger partial charge in [-0.25, -0.2) is 9.37 Å². The molecule has 1 N–H and O–H groups in total. The number of carbonyl (C=O) groups excluding carboxylic acids is 2. The van der Waals surface area contributed by atoms with Crippen molar-refractivity contribution in [3.8, 4) is 0 Å². The molecule has 1 unspecified atom stereocenters. The Balaban J connectivity index is 1.35. The van der Waals surface area contributed by atoms with Crippen molar-refractivity contribution in [1.29, 1.82) is 0 Å². The van der Waals surface area contributed by atoms with Crippen LogP contribution >= 0.6 is 0 Å². The second-order valence-corrected chi connectivity index (χ2v) is 11.6. The lowest BCUT2D eigenvalue weighted by atomic mass is 9.73. The maximum atomic E-state index is 14.0. The molecule has 0 spiro atoms. The molecule has 1 aliphatic carbocycles. The number of halogens is 1. The average Bonchev–Trinajstić information content (AvgIpc) is 3.08. The molecular weight excluding hydrogens is 505 g/mol. The molecule has 1 amide bonds. The quantitative estimate of drug-likeness (QED) is 0.493. The number of nitrogens with zero attached hydrogens (tertiary/aromatic N) is 4. The van der Waals surface area contributed by atoms with Crippen molar-refractivity contribution in [3.63, 3.8) is 0 Å². The van der Waals surface area contributed by atoms with Crippen molar-refractivity contribution in [3.05, 3.63) is 95.6 Å². The topological polar surface area (TPSA) is 68.8 Å². The van der Waals surface area contributed by atoms with Gasteiger partial charge in [-0.2, -0.15) is 0 Å². The van der Waals surface area contributed by atoms with Crippen LogP contribution in [0, 0.1) is 11.2 Å². The van der Waals surface area contributed by atoms with Crippen LogP contribution in [0.2, 0.25) is 0 Å². The maximum absolute atomic E-state index is 14.0. The molecule has 3 aromatic rings. The van der Waals surface area contributed by atoms with E-state index in [1.165, 1.54) is 12.1 Å². The largest absolute Gasteiger partial charge is 0.357 e. The Bertz CT molecular complexity index is 1450. The Kier molecular flexibility index (Phi) is 6.78. The molecular formula is C32H34FN5O2. The predicted octanol–water partition coefficient (Wildman–Crippen LogP) is 5.19. The first-order chi connectivity index (χ1) is 19.3. The van der Waals surface area contributed by atoms with Crippen LogP contribution in [0.1, 0.15) is 38.3 Å². The number of para-hydroxylation sites is 2. The van der Waals surface area contributed by atoms with Gasteiger partial charge >= 0.3 is 0 Å². The summed E-state index contributed by atoms with van der Waals surface area (Å²) < 4.78 is 14.0. The molecule has 1 aromatic heterocycles. The smallest absolute Gasteiger partial charge is 0.242 e. The molecule has 2 aliphatic heterocycles. The van der Waals surface area contributed by atoms with Gasteiger partial charge in [0.1, 0.15) is 11.6 Å². The lowest BCUT2D eigenvalue weighted by molar-refractivity contribution is -0.130. The molecule has 206 valence electrons. The van der Waals surface area contributed by atoms with E-state index in [-0.39, 0.29) is 29.5 Å². The van der Waals surface area contributed by atoms with Gasteiger partial charge in [0.15, 0.2) is 5.78 Å². The SMILES string of the molecule is CC1(C)CC(=O)C2=C(C1)Nc1ccccc1N(CC(=O)N1CCN(c3ccccn3)CC1)C2c1ccc(F)cc1. The molecule has 40 heavy (non-hydrogen) atoms. The van der Waals surface area contributed by atoms with Crippen molar-refractivity contribution in [2.75, 3.05) is 47.8 Å². The van der Waals surface area contributed by atoms with Crippen LogP contribution in [0.5, 0.6) is 0 Å². The van der Waals surface area contributed by atoms with Crippen molar-refractivity contribution < 1.29 is 14.0 Å². The fourth-order valence-corrected chi connectivity index (χ4v) is 6.19. The Labute approximate surface area is 234 Å². The Morgan fingerprint density at radius 3 is 2.42 bits per heavy atom. The normalized spacial score (nSPS) is 20.4. The highest BCUT2D eigenvalue weighted by molar-refractivity contribution is 6.01. The molecule has 8 heteroatoms. The third-order valence-electron chi connectivity index (χ3n) is 8.10. The zero-order valence-electron chi connectivity index (χ0n) is 22.9. The van der Waals surface area contributed by atoms with Gasteiger partial charge in [0.2, 0.25) is 5.91 Å². The number of hydrogen-bond acceptors (Lipinski definition) is 6. The Morgan fingerprint density at radius 1 is 0.975 bits per heavy atom. The fraction of sp³-hybridized carbons (Fsp3) is 0.344. The van der Waals surface area contributed by atoms with Gasteiger partial charge in [0, 0.05) is 50.1 Å². The van der Waals surface area contributed by atoms with E-state index in [1.807, 2.05) is 52.3 Å². The van der Waals surface area contributed by atoms with Gasteiger partial charge in [-0.1, -0.05) is 44.2 Å². The minimum Gasteiger partial charge on any atom is -0.357 e. The predicted molar refractivity (Wildman–Crippen MR) is 155 cm³/mol. The van der Waals surface area contributed by atoms with Crippen molar-refractivity contribution in [1.82, 2.24) is 9.88 Å². The fourth-order valence-electron chi connectivity index (χ4n) is 6.19.